The smallest absolute Gasteiger partial charge is 0.329 e. The number of nitrogens with zero attached hydrogens (tertiary/aromatic N) is 6. The Morgan fingerprint density at radius 2 is 1.61 bits per heavy atom. The Morgan fingerprint density at radius 3 is 2.39 bits per heavy atom. The average Bonchev–Trinajstić information content (AvgIpc) is 3.94. The highest BCUT2D eigenvalue weighted by Crippen LogP contribution is 2.38. The largest absolute Gasteiger partial charge is 0.494 e. The SMILES string of the molecule is CC/C(=C(/c1ccc(OCCCCCCn2c(=O)n(C3CCOCC3)c3c4cc(-c5ccc(OCCCN(C)C)nc5)ccc4ncc32)cc1)c1ccc2[nH]ncc2c1)c1ccc(Cl)cc1C. The molecular formula is C55H60ClN7O4. The first-order valence-corrected chi connectivity index (χ1v) is 24.1. The molecular weight excluding hydrogens is 858 g/mol. The van der Waals surface area contributed by atoms with Crippen LogP contribution in [0.25, 0.3) is 55.1 Å². The molecule has 8 aromatic rings. The van der Waals surface area contributed by atoms with E-state index in [1.54, 1.807) is 0 Å². The summed E-state index contributed by atoms with van der Waals surface area (Å²) in [5.41, 5.74) is 12.8. The first-order valence-electron chi connectivity index (χ1n) is 23.8. The molecule has 1 saturated heterocycles. The van der Waals surface area contributed by atoms with Gasteiger partial charge in [0.1, 0.15) is 5.75 Å². The molecule has 0 aliphatic carbocycles. The van der Waals surface area contributed by atoms with Gasteiger partial charge in [-0.2, -0.15) is 5.10 Å². The number of pyridine rings is 2. The van der Waals surface area contributed by atoms with Crippen LogP contribution < -0.4 is 15.2 Å². The quantitative estimate of drug-likeness (QED) is 0.0630. The minimum Gasteiger partial charge on any atom is -0.494 e. The summed E-state index contributed by atoms with van der Waals surface area (Å²) >= 11 is 6.39. The van der Waals surface area contributed by atoms with Gasteiger partial charge in [-0.1, -0.05) is 61.7 Å². The lowest BCUT2D eigenvalue weighted by Gasteiger charge is -2.23. The van der Waals surface area contributed by atoms with Crippen molar-refractivity contribution in [2.45, 2.75) is 77.8 Å². The highest BCUT2D eigenvalue weighted by Gasteiger charge is 2.25. The van der Waals surface area contributed by atoms with E-state index in [-0.39, 0.29) is 11.7 Å². The monoisotopic (exact) mass is 917 g/mol. The molecule has 9 rings (SSSR count). The second-order valence-electron chi connectivity index (χ2n) is 17.9. The number of fused-ring (bicyclic) bond motifs is 4. The number of rotatable bonds is 19. The first-order chi connectivity index (χ1) is 32.7. The number of hydrogen-bond donors (Lipinski definition) is 1. The van der Waals surface area contributed by atoms with Crippen LogP contribution >= 0.6 is 11.6 Å². The van der Waals surface area contributed by atoms with E-state index in [0.29, 0.717) is 38.9 Å². The summed E-state index contributed by atoms with van der Waals surface area (Å²) in [5.74, 6) is 1.46. The molecule has 0 saturated carbocycles. The molecule has 1 aliphatic heterocycles. The Hall–Kier alpha value is -6.27. The Balaban J connectivity index is 0.865. The van der Waals surface area contributed by atoms with Gasteiger partial charge < -0.3 is 19.1 Å². The molecule has 1 N–H and O–H groups in total. The molecule has 4 aromatic heterocycles. The molecule has 12 heteroatoms. The predicted molar refractivity (Wildman–Crippen MR) is 271 cm³/mol. The molecule has 1 fully saturated rings. The lowest BCUT2D eigenvalue weighted by Crippen LogP contribution is -2.30. The summed E-state index contributed by atoms with van der Waals surface area (Å²) in [6.45, 7) is 8.44. The van der Waals surface area contributed by atoms with Crippen molar-refractivity contribution in [3.63, 3.8) is 0 Å². The zero-order valence-corrected chi connectivity index (χ0v) is 39.8. The van der Waals surface area contributed by atoms with E-state index in [1.165, 1.54) is 16.7 Å². The number of ether oxygens (including phenoxy) is 3. The summed E-state index contributed by atoms with van der Waals surface area (Å²) in [6, 6.07) is 31.4. The van der Waals surface area contributed by atoms with Crippen molar-refractivity contribution in [1.29, 1.82) is 0 Å². The first kappa shape index (κ1) is 45.9. The maximum atomic E-state index is 14.4. The Bertz CT molecular complexity index is 3050. The lowest BCUT2D eigenvalue weighted by molar-refractivity contribution is 0.0696. The standard InChI is InChI=1S/C55H60ClN7O4/c1-5-46(47-19-16-43(56)31-37(47)2)53(40-14-20-49-42(32-40)35-59-60-49)38-11-17-45(18-12-38)66-27-9-7-6-8-26-62-51-36-57-50-21-13-39(41-15-22-52(58-34-41)67-28-10-25-61(3)4)33-48(50)54(51)63(55(62)64)44-23-29-65-30-24-44/h11-22,31-36,44H,5-10,23-30H2,1-4H3,(H,59,60)/b53-46+. The van der Waals surface area contributed by atoms with Gasteiger partial charge in [-0.25, -0.2) is 9.78 Å². The molecule has 11 nitrogen and oxygen atoms in total. The van der Waals surface area contributed by atoms with Crippen LogP contribution in [-0.2, 0) is 11.3 Å². The van der Waals surface area contributed by atoms with E-state index >= 15 is 0 Å². The summed E-state index contributed by atoms with van der Waals surface area (Å²) in [6.07, 6.45) is 12.8. The number of aromatic nitrogens is 6. The van der Waals surface area contributed by atoms with E-state index in [2.05, 4.69) is 109 Å². The Kier molecular flexibility index (Phi) is 14.5. The van der Waals surface area contributed by atoms with E-state index < -0.39 is 0 Å². The molecule has 0 amide bonds. The number of benzene rings is 4. The number of H-pyrrole nitrogens is 1. The van der Waals surface area contributed by atoms with E-state index in [1.807, 2.05) is 58.1 Å². The third-order valence-electron chi connectivity index (χ3n) is 13.0. The fourth-order valence-corrected chi connectivity index (χ4v) is 9.76. The summed E-state index contributed by atoms with van der Waals surface area (Å²) in [7, 11) is 4.12. The zero-order valence-electron chi connectivity index (χ0n) is 39.1. The number of halogens is 1. The van der Waals surface area contributed by atoms with E-state index in [4.69, 9.17) is 30.8 Å². The minimum absolute atomic E-state index is 0.0280. The fraction of sp³-hybridized carbons (Fsp3) is 0.345. The number of unbranched alkanes of at least 4 members (excludes halogenated alkanes) is 3. The van der Waals surface area contributed by atoms with Gasteiger partial charge in [-0.05, 0) is 153 Å². The molecule has 0 unspecified atom stereocenters. The maximum absolute atomic E-state index is 14.4. The maximum Gasteiger partial charge on any atom is 0.329 e. The number of nitrogens with one attached hydrogen (secondary N) is 1. The van der Waals surface area contributed by atoms with Gasteiger partial charge >= 0.3 is 5.69 Å². The average molecular weight is 919 g/mol. The van der Waals surface area contributed by atoms with Crippen LogP contribution in [0.1, 0.15) is 86.6 Å². The highest BCUT2D eigenvalue weighted by molar-refractivity contribution is 6.30. The molecule has 0 atom stereocenters. The van der Waals surface area contributed by atoms with Crippen molar-refractivity contribution >= 4 is 55.6 Å². The van der Waals surface area contributed by atoms with Gasteiger partial charge in [0.05, 0.1) is 47.7 Å². The van der Waals surface area contributed by atoms with Gasteiger partial charge in [0.15, 0.2) is 0 Å². The van der Waals surface area contributed by atoms with Crippen molar-refractivity contribution in [2.24, 2.45) is 0 Å². The number of allylic oxidation sites excluding steroid dienone is 1. The van der Waals surface area contributed by atoms with Crippen LogP contribution in [0.15, 0.2) is 114 Å². The predicted octanol–water partition coefficient (Wildman–Crippen LogP) is 11.9. The fourth-order valence-electron chi connectivity index (χ4n) is 9.53. The van der Waals surface area contributed by atoms with E-state index in [9.17, 15) is 4.79 Å². The number of aryl methyl sites for hydroxylation is 2. The highest BCUT2D eigenvalue weighted by atomic mass is 35.5. The molecule has 5 heterocycles. The van der Waals surface area contributed by atoms with Crippen LogP contribution in [0.2, 0.25) is 5.02 Å². The molecule has 1 aliphatic rings. The normalized spacial score (nSPS) is 13.8. The second kappa shape index (κ2) is 21.1. The van der Waals surface area contributed by atoms with Crippen molar-refractivity contribution in [1.82, 2.24) is 34.2 Å². The summed E-state index contributed by atoms with van der Waals surface area (Å²) in [5, 5.41) is 10.1. The van der Waals surface area contributed by atoms with Gasteiger partial charge in [-0.15, -0.1) is 0 Å². The summed E-state index contributed by atoms with van der Waals surface area (Å²) < 4.78 is 21.9. The minimum atomic E-state index is 0.0280. The number of aromatic amines is 1. The van der Waals surface area contributed by atoms with Crippen molar-refractivity contribution in [3.8, 4) is 22.8 Å². The van der Waals surface area contributed by atoms with Crippen molar-refractivity contribution < 1.29 is 14.2 Å². The van der Waals surface area contributed by atoms with Crippen LogP contribution in [0.4, 0.5) is 0 Å². The third kappa shape index (κ3) is 10.3. The molecule has 0 radical (unpaired) electrons. The number of hydrogen-bond acceptors (Lipinski definition) is 8. The zero-order chi connectivity index (χ0) is 46.3. The molecule has 346 valence electrons. The van der Waals surface area contributed by atoms with Gasteiger partial charge in [0, 0.05) is 66.0 Å². The van der Waals surface area contributed by atoms with E-state index in [0.717, 1.165) is 129 Å². The van der Waals surface area contributed by atoms with Crippen molar-refractivity contribution in [3.05, 3.63) is 147 Å². The Morgan fingerprint density at radius 1 is 0.821 bits per heavy atom. The number of imidazole rings is 1. The van der Waals surface area contributed by atoms with Gasteiger partial charge in [-0.3, -0.25) is 19.2 Å². The topological polar surface area (TPSA) is 112 Å². The van der Waals surface area contributed by atoms with Gasteiger partial charge in [0.2, 0.25) is 5.88 Å². The molecule has 0 spiro atoms. The third-order valence-corrected chi connectivity index (χ3v) is 13.2. The van der Waals surface area contributed by atoms with Crippen LogP contribution in [0.3, 0.4) is 0 Å². The second-order valence-corrected chi connectivity index (χ2v) is 18.3. The molecule has 67 heavy (non-hydrogen) atoms. The molecule has 4 aromatic carbocycles. The lowest BCUT2D eigenvalue weighted by atomic mass is 9.86. The molecule has 0 bridgehead atoms. The Labute approximate surface area is 397 Å². The van der Waals surface area contributed by atoms with Gasteiger partial charge in [0.25, 0.3) is 0 Å². The van der Waals surface area contributed by atoms with Crippen molar-refractivity contribution in [2.75, 3.05) is 47.1 Å². The van der Waals surface area contributed by atoms with Crippen LogP contribution in [0.5, 0.6) is 11.6 Å². The van der Waals surface area contributed by atoms with Crippen LogP contribution in [-0.4, -0.2) is 81.3 Å². The summed E-state index contributed by atoms with van der Waals surface area (Å²) in [4.78, 5) is 26.1. The van der Waals surface area contributed by atoms with Crippen LogP contribution in [0, 0.1) is 6.92 Å².